The van der Waals surface area contributed by atoms with Gasteiger partial charge in [-0.05, 0) is 56.5 Å². The zero-order valence-electron chi connectivity index (χ0n) is 18.2. The first-order valence-electron chi connectivity index (χ1n) is 10.3. The third-order valence-electron chi connectivity index (χ3n) is 5.15. The van der Waals surface area contributed by atoms with Crippen LogP contribution in [0.5, 0.6) is 0 Å². The first-order chi connectivity index (χ1) is 15.1. The second-order valence-corrected chi connectivity index (χ2v) is 7.58. The molecule has 0 saturated carbocycles. The van der Waals surface area contributed by atoms with Gasteiger partial charge in [0.25, 0.3) is 11.8 Å². The number of alkyl halides is 3. The first kappa shape index (κ1) is 23.5. The first-order valence-corrected chi connectivity index (χ1v) is 10.3. The van der Waals surface area contributed by atoms with Crippen LogP contribution in [0.25, 0.3) is 5.57 Å². The Bertz CT molecular complexity index is 1060. The quantitative estimate of drug-likeness (QED) is 0.461. The number of amides is 2. The molecule has 2 amide bonds. The number of hydrogen-bond donors (Lipinski definition) is 1. The highest BCUT2D eigenvalue weighted by Crippen LogP contribution is 2.34. The third-order valence-corrected chi connectivity index (χ3v) is 5.15. The smallest absolute Gasteiger partial charge is 0.382 e. The molecule has 1 aliphatic heterocycles. The van der Waals surface area contributed by atoms with E-state index in [0.29, 0.717) is 25.2 Å². The lowest BCUT2D eigenvalue weighted by Gasteiger charge is -2.15. The van der Waals surface area contributed by atoms with Gasteiger partial charge in [0.05, 0.1) is 11.1 Å². The molecule has 0 aromatic heterocycles. The number of halogens is 3. The van der Waals surface area contributed by atoms with Crippen molar-refractivity contribution in [2.24, 2.45) is 0 Å². The van der Waals surface area contributed by atoms with Crippen LogP contribution in [0.3, 0.4) is 0 Å². The topological polar surface area (TPSA) is 58.6 Å². The van der Waals surface area contributed by atoms with Crippen LogP contribution in [-0.2, 0) is 20.5 Å². The maximum atomic E-state index is 13.2. The average molecular weight is 446 g/mol. The summed E-state index contributed by atoms with van der Waals surface area (Å²) in [4.78, 5) is 27.5. The summed E-state index contributed by atoms with van der Waals surface area (Å²) >= 11 is 0. The van der Waals surface area contributed by atoms with Gasteiger partial charge in [-0.1, -0.05) is 29.8 Å². The fourth-order valence-electron chi connectivity index (χ4n) is 3.63. The summed E-state index contributed by atoms with van der Waals surface area (Å²) in [5, 5.41) is 2.79. The Morgan fingerprint density at radius 1 is 1.03 bits per heavy atom. The molecule has 0 spiro atoms. The standard InChI is InChI=1S/C24H25F3N2O3/c1-4-32-12-6-11-29-22(30)20(19-10-9-15(2)13-16(19)3)21(23(29)31)28-18-8-5-7-17(14-18)24(25,26)27/h5,7-10,13-14,28H,4,6,11-12H2,1-3H3. The predicted molar refractivity (Wildman–Crippen MR) is 116 cm³/mol. The van der Waals surface area contributed by atoms with E-state index < -0.39 is 23.6 Å². The van der Waals surface area contributed by atoms with Crippen LogP contribution in [0.15, 0.2) is 48.2 Å². The van der Waals surface area contributed by atoms with E-state index in [2.05, 4.69) is 5.32 Å². The number of nitrogens with one attached hydrogen (secondary N) is 1. The van der Waals surface area contributed by atoms with E-state index in [0.717, 1.165) is 28.2 Å². The molecule has 3 rings (SSSR count). The minimum atomic E-state index is -4.52. The van der Waals surface area contributed by atoms with Gasteiger partial charge in [-0.15, -0.1) is 0 Å². The summed E-state index contributed by atoms with van der Waals surface area (Å²) in [6.07, 6.45) is -4.06. The van der Waals surface area contributed by atoms with E-state index >= 15 is 0 Å². The molecule has 2 aromatic rings. The number of carbonyl (C=O) groups excluding carboxylic acids is 2. The molecule has 0 aliphatic carbocycles. The van der Waals surface area contributed by atoms with Gasteiger partial charge >= 0.3 is 6.18 Å². The van der Waals surface area contributed by atoms with Gasteiger partial charge in [-0.3, -0.25) is 14.5 Å². The molecular weight excluding hydrogens is 421 g/mol. The zero-order chi connectivity index (χ0) is 23.5. The lowest BCUT2D eigenvalue weighted by molar-refractivity contribution is -0.138. The van der Waals surface area contributed by atoms with E-state index in [4.69, 9.17) is 4.74 Å². The fourth-order valence-corrected chi connectivity index (χ4v) is 3.63. The average Bonchev–Trinajstić information content (AvgIpc) is 2.95. The van der Waals surface area contributed by atoms with Gasteiger partial charge in [-0.25, -0.2) is 0 Å². The summed E-state index contributed by atoms with van der Waals surface area (Å²) in [7, 11) is 0. The Morgan fingerprint density at radius 3 is 2.44 bits per heavy atom. The minimum Gasteiger partial charge on any atom is -0.382 e. The van der Waals surface area contributed by atoms with E-state index in [1.165, 1.54) is 12.1 Å². The van der Waals surface area contributed by atoms with Gasteiger partial charge in [0.2, 0.25) is 0 Å². The largest absolute Gasteiger partial charge is 0.416 e. The lowest BCUT2D eigenvalue weighted by atomic mass is 9.97. The number of aryl methyl sites for hydroxylation is 2. The molecule has 32 heavy (non-hydrogen) atoms. The number of hydrogen-bond acceptors (Lipinski definition) is 4. The fraction of sp³-hybridized carbons (Fsp3) is 0.333. The normalized spacial score (nSPS) is 14.5. The van der Waals surface area contributed by atoms with Crippen molar-refractivity contribution in [3.05, 3.63) is 70.4 Å². The van der Waals surface area contributed by atoms with Crippen molar-refractivity contribution in [3.63, 3.8) is 0 Å². The molecule has 5 nitrogen and oxygen atoms in total. The van der Waals surface area contributed by atoms with E-state index in [9.17, 15) is 22.8 Å². The monoisotopic (exact) mass is 446 g/mol. The van der Waals surface area contributed by atoms with Crippen LogP contribution in [0, 0.1) is 13.8 Å². The molecule has 0 unspecified atom stereocenters. The van der Waals surface area contributed by atoms with Crippen LogP contribution >= 0.6 is 0 Å². The Morgan fingerprint density at radius 2 is 1.78 bits per heavy atom. The second-order valence-electron chi connectivity index (χ2n) is 7.58. The number of anilines is 1. The van der Waals surface area contributed by atoms with E-state index in [1.807, 2.05) is 32.9 Å². The van der Waals surface area contributed by atoms with Crippen molar-refractivity contribution >= 4 is 23.1 Å². The van der Waals surface area contributed by atoms with Crippen LogP contribution in [0.2, 0.25) is 0 Å². The molecule has 2 aromatic carbocycles. The van der Waals surface area contributed by atoms with Crippen LogP contribution < -0.4 is 5.32 Å². The molecule has 1 N–H and O–H groups in total. The highest BCUT2D eigenvalue weighted by molar-refractivity contribution is 6.36. The number of benzene rings is 2. The van der Waals surface area contributed by atoms with Gasteiger partial charge in [0.1, 0.15) is 5.70 Å². The molecule has 0 bridgehead atoms. The number of carbonyl (C=O) groups is 2. The lowest BCUT2D eigenvalue weighted by Crippen LogP contribution is -2.34. The highest BCUT2D eigenvalue weighted by Gasteiger charge is 2.39. The van der Waals surface area contributed by atoms with Crippen molar-refractivity contribution in [3.8, 4) is 0 Å². The number of nitrogens with zero attached hydrogens (tertiary/aromatic N) is 1. The summed E-state index contributed by atoms with van der Waals surface area (Å²) in [6.45, 7) is 6.66. The molecule has 0 saturated heterocycles. The summed E-state index contributed by atoms with van der Waals surface area (Å²) in [5.74, 6) is -1.05. The summed E-state index contributed by atoms with van der Waals surface area (Å²) < 4.78 is 44.7. The maximum Gasteiger partial charge on any atom is 0.416 e. The molecular formula is C24H25F3N2O3. The van der Waals surface area contributed by atoms with Crippen molar-refractivity contribution < 1.29 is 27.5 Å². The third kappa shape index (κ3) is 5.02. The van der Waals surface area contributed by atoms with Gasteiger partial charge < -0.3 is 10.1 Å². The molecule has 170 valence electrons. The van der Waals surface area contributed by atoms with Crippen molar-refractivity contribution in [1.29, 1.82) is 0 Å². The van der Waals surface area contributed by atoms with Gasteiger partial charge in [0.15, 0.2) is 0 Å². The molecule has 1 aliphatic rings. The highest BCUT2D eigenvalue weighted by atomic mass is 19.4. The van der Waals surface area contributed by atoms with Crippen molar-refractivity contribution in [1.82, 2.24) is 4.90 Å². The number of rotatable bonds is 8. The summed E-state index contributed by atoms with van der Waals surface area (Å²) in [5.41, 5.74) is 1.70. The summed E-state index contributed by atoms with van der Waals surface area (Å²) in [6, 6.07) is 10.0. The Balaban J connectivity index is 2.01. The molecule has 0 fully saturated rings. The molecule has 1 heterocycles. The van der Waals surface area contributed by atoms with Crippen molar-refractivity contribution in [2.45, 2.75) is 33.4 Å². The minimum absolute atomic E-state index is 0.0299. The SMILES string of the molecule is CCOCCCN1C(=O)C(Nc2cccc(C(F)(F)F)c2)=C(c2ccc(C)cc2C)C1=O. The number of imide groups is 1. The van der Waals surface area contributed by atoms with Crippen LogP contribution in [-0.4, -0.2) is 36.5 Å². The van der Waals surface area contributed by atoms with Crippen LogP contribution in [0.1, 0.15) is 35.6 Å². The van der Waals surface area contributed by atoms with Crippen LogP contribution in [0.4, 0.5) is 18.9 Å². The van der Waals surface area contributed by atoms with Crippen molar-refractivity contribution in [2.75, 3.05) is 25.1 Å². The molecule has 0 radical (unpaired) electrons. The second kappa shape index (κ2) is 9.56. The molecule has 0 atom stereocenters. The molecule has 8 heteroatoms. The Hall–Kier alpha value is -3.13. The zero-order valence-corrected chi connectivity index (χ0v) is 18.2. The predicted octanol–water partition coefficient (Wildman–Crippen LogP) is 4.94. The van der Waals surface area contributed by atoms with E-state index in [1.54, 1.807) is 6.07 Å². The maximum absolute atomic E-state index is 13.2. The Labute approximate surface area is 184 Å². The Kier molecular flexibility index (Phi) is 7.03. The van der Waals surface area contributed by atoms with Gasteiger partial charge in [0, 0.05) is 25.4 Å². The van der Waals surface area contributed by atoms with E-state index in [-0.39, 0.29) is 23.5 Å². The number of ether oxygens (including phenoxy) is 1. The van der Waals surface area contributed by atoms with Gasteiger partial charge in [-0.2, -0.15) is 13.2 Å².